The van der Waals surface area contributed by atoms with Crippen LogP contribution < -0.4 is 11.3 Å². The number of hydrogen-bond acceptors (Lipinski definition) is 3. The van der Waals surface area contributed by atoms with Gasteiger partial charge in [0.2, 0.25) is 0 Å². The third-order valence-corrected chi connectivity index (χ3v) is 3.51. The van der Waals surface area contributed by atoms with E-state index in [0.717, 1.165) is 18.4 Å². The van der Waals surface area contributed by atoms with Crippen LogP contribution in [-0.2, 0) is 11.2 Å². The number of hydrazine groups is 1. The van der Waals surface area contributed by atoms with Crippen LogP contribution in [0.5, 0.6) is 0 Å². The van der Waals surface area contributed by atoms with Crippen LogP contribution >= 0.6 is 11.6 Å². The summed E-state index contributed by atoms with van der Waals surface area (Å²) in [6.07, 6.45) is 2.44. The fraction of sp³-hybridized carbons (Fsp3) is 0.571. The second-order valence-corrected chi connectivity index (χ2v) is 4.85. The molecular formula is C14H22ClFN2O. The summed E-state index contributed by atoms with van der Waals surface area (Å²) in [6.45, 7) is 4.67. The van der Waals surface area contributed by atoms with Crippen LogP contribution in [0.1, 0.15) is 32.3 Å². The van der Waals surface area contributed by atoms with E-state index >= 15 is 0 Å². The van der Waals surface area contributed by atoms with Crippen molar-refractivity contribution in [2.75, 3.05) is 6.61 Å². The molecular weight excluding hydrogens is 267 g/mol. The van der Waals surface area contributed by atoms with Gasteiger partial charge in [0.05, 0.1) is 17.2 Å². The molecule has 0 bridgehead atoms. The van der Waals surface area contributed by atoms with Crippen LogP contribution in [0, 0.1) is 5.82 Å². The highest BCUT2D eigenvalue weighted by atomic mass is 35.5. The molecule has 108 valence electrons. The lowest BCUT2D eigenvalue weighted by Crippen LogP contribution is -2.46. The Morgan fingerprint density at radius 2 is 2.16 bits per heavy atom. The molecule has 0 fully saturated rings. The van der Waals surface area contributed by atoms with Crippen molar-refractivity contribution in [3.8, 4) is 0 Å². The van der Waals surface area contributed by atoms with Crippen molar-refractivity contribution in [3.63, 3.8) is 0 Å². The maximum Gasteiger partial charge on any atom is 0.142 e. The van der Waals surface area contributed by atoms with Crippen LogP contribution in [0.4, 0.5) is 4.39 Å². The Hall–Kier alpha value is -0.680. The van der Waals surface area contributed by atoms with Crippen molar-refractivity contribution in [1.29, 1.82) is 0 Å². The van der Waals surface area contributed by atoms with Crippen molar-refractivity contribution in [1.82, 2.24) is 5.43 Å². The van der Waals surface area contributed by atoms with Gasteiger partial charge >= 0.3 is 0 Å². The molecule has 0 heterocycles. The largest absolute Gasteiger partial charge is 0.377 e. The number of rotatable bonds is 8. The quantitative estimate of drug-likeness (QED) is 0.571. The molecule has 3 N–H and O–H groups in total. The molecule has 1 rings (SSSR count). The van der Waals surface area contributed by atoms with Crippen molar-refractivity contribution in [3.05, 3.63) is 34.6 Å². The lowest BCUT2D eigenvalue weighted by molar-refractivity contribution is 0.0281. The number of ether oxygens (including phenoxy) is 1. The first-order chi connectivity index (χ1) is 9.13. The smallest absolute Gasteiger partial charge is 0.142 e. The molecule has 0 saturated carbocycles. The molecule has 0 saturated heterocycles. The lowest BCUT2D eigenvalue weighted by Gasteiger charge is -2.26. The molecule has 1 aromatic rings. The van der Waals surface area contributed by atoms with Gasteiger partial charge in [0, 0.05) is 6.61 Å². The Bertz CT molecular complexity index is 384. The molecule has 0 aromatic heterocycles. The zero-order chi connectivity index (χ0) is 14.3. The van der Waals surface area contributed by atoms with Gasteiger partial charge in [0.25, 0.3) is 0 Å². The van der Waals surface area contributed by atoms with E-state index in [1.165, 1.54) is 6.07 Å². The summed E-state index contributed by atoms with van der Waals surface area (Å²) < 4.78 is 19.1. The number of hydrogen-bond donors (Lipinski definition) is 2. The monoisotopic (exact) mass is 288 g/mol. The fourth-order valence-corrected chi connectivity index (χ4v) is 2.34. The average Bonchev–Trinajstić information content (AvgIpc) is 2.40. The summed E-state index contributed by atoms with van der Waals surface area (Å²) in [4.78, 5) is 0. The van der Waals surface area contributed by atoms with Gasteiger partial charge in [-0.3, -0.25) is 11.3 Å². The molecule has 3 nitrogen and oxygen atoms in total. The minimum absolute atomic E-state index is 0.000617. The van der Waals surface area contributed by atoms with Crippen LogP contribution in [0.3, 0.4) is 0 Å². The zero-order valence-electron chi connectivity index (χ0n) is 11.5. The molecule has 0 aliphatic rings. The molecule has 5 heteroatoms. The molecule has 0 spiro atoms. The van der Waals surface area contributed by atoms with Crippen molar-refractivity contribution in [2.45, 2.75) is 45.3 Å². The predicted octanol–water partition coefficient (Wildman–Crippen LogP) is 3.06. The molecule has 0 aliphatic heterocycles. The molecule has 2 atom stereocenters. The number of nitrogens with one attached hydrogen (secondary N) is 1. The maximum absolute atomic E-state index is 13.4. The van der Waals surface area contributed by atoms with Gasteiger partial charge in [-0.05, 0) is 31.4 Å². The van der Waals surface area contributed by atoms with Crippen LogP contribution in [0.2, 0.25) is 5.02 Å². The topological polar surface area (TPSA) is 47.3 Å². The van der Waals surface area contributed by atoms with Crippen LogP contribution in [0.15, 0.2) is 18.2 Å². The van der Waals surface area contributed by atoms with Gasteiger partial charge < -0.3 is 4.74 Å². The van der Waals surface area contributed by atoms with E-state index in [0.29, 0.717) is 13.0 Å². The highest BCUT2D eigenvalue weighted by Gasteiger charge is 2.22. The van der Waals surface area contributed by atoms with Crippen molar-refractivity contribution < 1.29 is 9.13 Å². The maximum atomic E-state index is 13.4. The van der Waals surface area contributed by atoms with Gasteiger partial charge in [0.1, 0.15) is 5.82 Å². The van der Waals surface area contributed by atoms with E-state index < -0.39 is 5.82 Å². The standard InChI is InChI=1S/C14H22ClFN2O/c1-3-6-13(19-4-2)12(18-17)9-10-7-5-8-11(16)14(10)15/h5,7-8,12-13,18H,3-4,6,9,17H2,1-2H3. The number of nitrogens with two attached hydrogens (primary N) is 1. The van der Waals surface area contributed by atoms with Gasteiger partial charge in [-0.2, -0.15) is 0 Å². The third-order valence-electron chi connectivity index (χ3n) is 3.09. The summed E-state index contributed by atoms with van der Waals surface area (Å²) in [5.74, 6) is 5.20. The Balaban J connectivity index is 2.82. The molecule has 0 amide bonds. The minimum atomic E-state index is -0.404. The van der Waals surface area contributed by atoms with E-state index in [1.807, 2.05) is 13.0 Å². The lowest BCUT2D eigenvalue weighted by atomic mass is 9.98. The number of halogens is 2. The summed E-state index contributed by atoms with van der Waals surface area (Å²) in [6, 6.07) is 4.73. The summed E-state index contributed by atoms with van der Waals surface area (Å²) in [5, 5.41) is 0.162. The Morgan fingerprint density at radius 3 is 2.74 bits per heavy atom. The van der Waals surface area contributed by atoms with Crippen molar-refractivity contribution in [2.24, 2.45) is 5.84 Å². The van der Waals surface area contributed by atoms with E-state index in [4.69, 9.17) is 22.2 Å². The normalized spacial score (nSPS) is 14.4. The van der Waals surface area contributed by atoms with E-state index in [1.54, 1.807) is 6.07 Å². The summed E-state index contributed by atoms with van der Waals surface area (Å²) in [5.41, 5.74) is 3.50. The molecule has 0 radical (unpaired) electrons. The van der Waals surface area contributed by atoms with Crippen LogP contribution in [0.25, 0.3) is 0 Å². The summed E-state index contributed by atoms with van der Waals surface area (Å²) >= 11 is 5.97. The second kappa shape index (κ2) is 8.48. The second-order valence-electron chi connectivity index (χ2n) is 4.47. The third kappa shape index (κ3) is 4.73. The predicted molar refractivity (Wildman–Crippen MR) is 76.5 cm³/mol. The highest BCUT2D eigenvalue weighted by Crippen LogP contribution is 2.22. The average molecular weight is 289 g/mol. The number of benzene rings is 1. The molecule has 1 aromatic carbocycles. The van der Waals surface area contributed by atoms with E-state index in [2.05, 4.69) is 12.3 Å². The van der Waals surface area contributed by atoms with E-state index in [9.17, 15) is 4.39 Å². The Kier molecular flexibility index (Phi) is 7.31. The van der Waals surface area contributed by atoms with Crippen LogP contribution in [-0.4, -0.2) is 18.8 Å². The Morgan fingerprint density at radius 1 is 1.42 bits per heavy atom. The highest BCUT2D eigenvalue weighted by molar-refractivity contribution is 6.31. The fourth-order valence-electron chi connectivity index (χ4n) is 2.14. The first-order valence-corrected chi connectivity index (χ1v) is 7.02. The zero-order valence-corrected chi connectivity index (χ0v) is 12.2. The molecule has 19 heavy (non-hydrogen) atoms. The SMILES string of the molecule is CCCC(OCC)C(Cc1cccc(F)c1Cl)NN. The van der Waals surface area contributed by atoms with E-state index in [-0.39, 0.29) is 17.2 Å². The first kappa shape index (κ1) is 16.4. The molecule has 0 aliphatic carbocycles. The Labute approximate surface area is 119 Å². The van der Waals surface area contributed by atoms with Gasteiger partial charge in [-0.15, -0.1) is 0 Å². The van der Waals surface area contributed by atoms with Gasteiger partial charge in [-0.25, -0.2) is 4.39 Å². The van der Waals surface area contributed by atoms with Gasteiger partial charge in [0.15, 0.2) is 0 Å². The molecule has 2 unspecified atom stereocenters. The van der Waals surface area contributed by atoms with Gasteiger partial charge in [-0.1, -0.05) is 37.1 Å². The minimum Gasteiger partial charge on any atom is -0.377 e. The summed E-state index contributed by atoms with van der Waals surface area (Å²) in [7, 11) is 0. The van der Waals surface area contributed by atoms with Crippen molar-refractivity contribution >= 4 is 11.6 Å². The first-order valence-electron chi connectivity index (χ1n) is 6.64.